The van der Waals surface area contributed by atoms with Gasteiger partial charge in [0.2, 0.25) is 15.9 Å². The van der Waals surface area contributed by atoms with Gasteiger partial charge in [-0.15, -0.1) is 0 Å². The van der Waals surface area contributed by atoms with Crippen LogP contribution in [0.15, 0.2) is 0 Å². The first-order chi connectivity index (χ1) is 7.43. The molecule has 0 heterocycles. The van der Waals surface area contributed by atoms with Crippen molar-refractivity contribution in [1.82, 2.24) is 4.72 Å². The Morgan fingerprint density at radius 3 is 2.44 bits per heavy atom. The molecule has 7 heteroatoms. The number of nitrogens with two attached hydrogens (primary N) is 1. The number of rotatable bonds is 5. The molecule has 1 aliphatic carbocycles. The topological polar surface area (TPSA) is 109 Å². The van der Waals surface area contributed by atoms with Crippen molar-refractivity contribution in [3.05, 3.63) is 0 Å². The van der Waals surface area contributed by atoms with Crippen molar-refractivity contribution in [3.63, 3.8) is 0 Å². The van der Waals surface area contributed by atoms with E-state index >= 15 is 0 Å². The van der Waals surface area contributed by atoms with Crippen LogP contribution in [-0.4, -0.2) is 37.3 Å². The van der Waals surface area contributed by atoms with Crippen molar-refractivity contribution in [2.75, 3.05) is 6.54 Å². The second-order valence-corrected chi connectivity index (χ2v) is 6.12. The average molecular weight is 250 g/mol. The number of amides is 1. The minimum atomic E-state index is -3.43. The van der Waals surface area contributed by atoms with Gasteiger partial charge in [0, 0.05) is 6.54 Å². The van der Waals surface area contributed by atoms with Crippen molar-refractivity contribution in [1.29, 1.82) is 0 Å². The quantitative estimate of drug-likeness (QED) is 0.586. The third-order valence-electron chi connectivity index (χ3n) is 2.80. The maximum Gasteiger partial charge on any atom is 0.247 e. The van der Waals surface area contributed by atoms with Crippen LogP contribution in [0.25, 0.3) is 0 Å². The van der Waals surface area contributed by atoms with Crippen molar-refractivity contribution in [2.24, 2.45) is 5.73 Å². The SMILES string of the molecule is NC(=O)C(O)CNS(=O)(=O)C1CCCCC1. The van der Waals surface area contributed by atoms with Crippen molar-refractivity contribution >= 4 is 15.9 Å². The lowest BCUT2D eigenvalue weighted by molar-refractivity contribution is -0.125. The van der Waals surface area contributed by atoms with E-state index in [4.69, 9.17) is 10.8 Å². The highest BCUT2D eigenvalue weighted by Gasteiger charge is 2.27. The number of primary amides is 1. The number of hydrogen-bond acceptors (Lipinski definition) is 4. The van der Waals surface area contributed by atoms with Gasteiger partial charge in [-0.3, -0.25) is 4.79 Å². The van der Waals surface area contributed by atoms with Gasteiger partial charge in [0.25, 0.3) is 0 Å². The van der Waals surface area contributed by atoms with E-state index < -0.39 is 27.3 Å². The molecule has 0 aromatic heterocycles. The van der Waals surface area contributed by atoms with Crippen molar-refractivity contribution < 1.29 is 18.3 Å². The second-order valence-electron chi connectivity index (χ2n) is 4.07. The zero-order valence-corrected chi connectivity index (χ0v) is 9.87. The molecule has 16 heavy (non-hydrogen) atoms. The molecule has 94 valence electrons. The Morgan fingerprint density at radius 1 is 1.38 bits per heavy atom. The molecule has 1 amide bonds. The fraction of sp³-hybridized carbons (Fsp3) is 0.889. The van der Waals surface area contributed by atoms with Gasteiger partial charge in [0.05, 0.1) is 5.25 Å². The highest BCUT2D eigenvalue weighted by atomic mass is 32.2. The summed E-state index contributed by atoms with van der Waals surface area (Å²) in [6.07, 6.45) is 2.70. The van der Waals surface area contributed by atoms with Gasteiger partial charge < -0.3 is 10.8 Å². The first-order valence-corrected chi connectivity index (χ1v) is 6.94. The minimum absolute atomic E-state index is 0.339. The Morgan fingerprint density at radius 2 is 1.94 bits per heavy atom. The summed E-state index contributed by atoms with van der Waals surface area (Å²) < 4.78 is 25.7. The van der Waals surface area contributed by atoms with Gasteiger partial charge in [-0.05, 0) is 12.8 Å². The standard InChI is InChI=1S/C9H18N2O4S/c10-9(13)8(12)6-11-16(14,15)7-4-2-1-3-5-7/h7-8,11-12H,1-6H2,(H2,10,13). The first-order valence-electron chi connectivity index (χ1n) is 5.39. The molecule has 1 saturated carbocycles. The number of carbonyl (C=O) groups excluding carboxylic acids is 1. The molecule has 0 bridgehead atoms. The van der Waals surface area contributed by atoms with Crippen LogP contribution in [0.2, 0.25) is 0 Å². The Balaban J connectivity index is 2.47. The number of aliphatic hydroxyl groups is 1. The summed E-state index contributed by atoms with van der Waals surface area (Å²) in [5, 5.41) is 8.69. The molecule has 0 saturated heterocycles. The molecule has 1 aliphatic rings. The summed E-state index contributed by atoms with van der Waals surface area (Å²) in [6, 6.07) is 0. The van der Waals surface area contributed by atoms with Crippen LogP contribution in [0.3, 0.4) is 0 Å². The summed E-state index contributed by atoms with van der Waals surface area (Å²) >= 11 is 0. The monoisotopic (exact) mass is 250 g/mol. The van der Waals surface area contributed by atoms with E-state index in [9.17, 15) is 13.2 Å². The van der Waals surface area contributed by atoms with E-state index in [1.807, 2.05) is 0 Å². The third-order valence-corrected chi connectivity index (χ3v) is 4.72. The molecule has 0 radical (unpaired) electrons. The number of hydrogen-bond donors (Lipinski definition) is 3. The van der Waals surface area contributed by atoms with Gasteiger partial charge in [0.15, 0.2) is 0 Å². The molecule has 4 N–H and O–H groups in total. The Bertz CT molecular complexity index is 335. The third kappa shape index (κ3) is 3.73. The van der Waals surface area contributed by atoms with Crippen LogP contribution in [0, 0.1) is 0 Å². The average Bonchev–Trinajstić information content (AvgIpc) is 2.27. The zero-order chi connectivity index (χ0) is 12.2. The van der Waals surface area contributed by atoms with Crippen LogP contribution in [-0.2, 0) is 14.8 Å². The Labute approximate surface area is 95.3 Å². The van der Waals surface area contributed by atoms with Gasteiger partial charge in [-0.1, -0.05) is 19.3 Å². The van der Waals surface area contributed by atoms with Gasteiger partial charge in [-0.25, -0.2) is 13.1 Å². The predicted octanol–water partition coefficient (Wildman–Crippen LogP) is -0.915. The number of aliphatic hydroxyl groups excluding tert-OH is 1. The fourth-order valence-electron chi connectivity index (χ4n) is 1.79. The van der Waals surface area contributed by atoms with Crippen LogP contribution in [0.5, 0.6) is 0 Å². The number of nitrogens with one attached hydrogen (secondary N) is 1. The lowest BCUT2D eigenvalue weighted by Gasteiger charge is -2.22. The summed E-state index contributed by atoms with van der Waals surface area (Å²) in [5.74, 6) is -0.925. The molecular formula is C9H18N2O4S. The molecule has 0 spiro atoms. The van der Waals surface area contributed by atoms with Crippen molar-refractivity contribution in [2.45, 2.75) is 43.5 Å². The molecule has 1 unspecified atom stereocenters. The highest BCUT2D eigenvalue weighted by Crippen LogP contribution is 2.22. The summed E-state index contributed by atoms with van der Waals surface area (Å²) in [6.45, 7) is -0.339. The predicted molar refractivity (Wildman–Crippen MR) is 59.0 cm³/mol. The lowest BCUT2D eigenvalue weighted by Crippen LogP contribution is -2.43. The van der Waals surface area contributed by atoms with Crippen molar-refractivity contribution in [3.8, 4) is 0 Å². The van der Waals surface area contributed by atoms with E-state index in [0.717, 1.165) is 19.3 Å². The van der Waals surface area contributed by atoms with Crippen LogP contribution in [0.1, 0.15) is 32.1 Å². The summed E-state index contributed by atoms with van der Waals surface area (Å²) in [7, 11) is -3.43. The van der Waals surface area contributed by atoms with E-state index in [1.165, 1.54) is 0 Å². The van der Waals surface area contributed by atoms with E-state index in [2.05, 4.69) is 4.72 Å². The van der Waals surface area contributed by atoms with E-state index in [1.54, 1.807) is 0 Å². The van der Waals surface area contributed by atoms with Gasteiger partial charge in [0.1, 0.15) is 6.10 Å². The van der Waals surface area contributed by atoms with Gasteiger partial charge in [-0.2, -0.15) is 0 Å². The largest absolute Gasteiger partial charge is 0.382 e. The molecule has 0 aliphatic heterocycles. The van der Waals surface area contributed by atoms with Crippen LogP contribution >= 0.6 is 0 Å². The van der Waals surface area contributed by atoms with Gasteiger partial charge >= 0.3 is 0 Å². The molecule has 1 fully saturated rings. The molecule has 1 atom stereocenters. The Hall–Kier alpha value is -0.660. The smallest absolute Gasteiger partial charge is 0.247 e. The highest BCUT2D eigenvalue weighted by molar-refractivity contribution is 7.90. The Kier molecular flexibility index (Phi) is 4.69. The molecule has 6 nitrogen and oxygen atoms in total. The normalized spacial score (nSPS) is 20.6. The minimum Gasteiger partial charge on any atom is -0.382 e. The lowest BCUT2D eigenvalue weighted by atomic mass is 10.0. The maximum atomic E-state index is 11.7. The number of sulfonamides is 1. The second kappa shape index (κ2) is 5.60. The maximum absolute atomic E-state index is 11.7. The molecule has 1 rings (SSSR count). The molecular weight excluding hydrogens is 232 g/mol. The summed E-state index contributed by atoms with van der Waals surface area (Å²) in [5.41, 5.74) is 4.82. The molecule has 0 aromatic rings. The number of carbonyl (C=O) groups is 1. The van der Waals surface area contributed by atoms with Crippen LogP contribution < -0.4 is 10.5 Å². The van der Waals surface area contributed by atoms with Crippen LogP contribution in [0.4, 0.5) is 0 Å². The first kappa shape index (κ1) is 13.4. The van der Waals surface area contributed by atoms with E-state index in [-0.39, 0.29) is 6.54 Å². The zero-order valence-electron chi connectivity index (χ0n) is 9.05. The van der Waals surface area contributed by atoms with E-state index in [0.29, 0.717) is 12.8 Å². The summed E-state index contributed by atoms with van der Waals surface area (Å²) in [4.78, 5) is 10.5. The fourth-order valence-corrected chi connectivity index (χ4v) is 3.37. The molecule has 0 aromatic carbocycles.